The molecule has 1 aliphatic rings. The second-order valence-electron chi connectivity index (χ2n) is 8.36. The van der Waals surface area contributed by atoms with Crippen molar-refractivity contribution in [2.75, 3.05) is 6.61 Å². The summed E-state index contributed by atoms with van der Waals surface area (Å²) in [7, 11) is 0. The van der Waals surface area contributed by atoms with Gasteiger partial charge in [-0.1, -0.05) is 42.5 Å². The number of carbonyl (C=O) groups is 2. The Morgan fingerprint density at radius 1 is 1.06 bits per heavy atom. The molecular weight excluding hydrogens is 427 g/mol. The Morgan fingerprint density at radius 2 is 1.69 bits per heavy atom. The second kappa shape index (κ2) is 9.10. The summed E-state index contributed by atoms with van der Waals surface area (Å²) in [6.45, 7) is 5.13. The topological polar surface area (TPSA) is 65.1 Å². The van der Waals surface area contributed by atoms with Gasteiger partial charge in [-0.05, 0) is 44.0 Å². The highest BCUT2D eigenvalue weighted by Gasteiger charge is 2.43. The molecule has 3 rings (SSSR count). The summed E-state index contributed by atoms with van der Waals surface area (Å²) in [5.41, 5.74) is 0.509. The van der Waals surface area contributed by atoms with Crippen LogP contribution in [0, 0.1) is 0 Å². The molecule has 32 heavy (non-hydrogen) atoms. The highest BCUT2D eigenvalue weighted by molar-refractivity contribution is 5.83. The number of nitrogens with zero attached hydrogens (tertiary/aromatic N) is 1. The van der Waals surface area contributed by atoms with E-state index in [1.165, 1.54) is 17.0 Å². The molecular formula is C23H24F3NO5. The molecule has 0 saturated carbocycles. The maximum absolute atomic E-state index is 13.1. The molecule has 1 unspecified atom stereocenters. The number of carbonyl (C=O) groups excluding carboxylic acids is 2. The van der Waals surface area contributed by atoms with Crippen LogP contribution in [0.15, 0.2) is 54.6 Å². The molecule has 1 heterocycles. The van der Waals surface area contributed by atoms with Gasteiger partial charge in [0, 0.05) is 6.42 Å². The maximum Gasteiger partial charge on any atom is 0.573 e. The zero-order chi connectivity index (χ0) is 23.5. The molecule has 9 heteroatoms. The van der Waals surface area contributed by atoms with E-state index in [-0.39, 0.29) is 18.8 Å². The normalized spacial score (nSPS) is 19.3. The number of amides is 1. The molecule has 2 atom stereocenters. The number of alkyl halides is 3. The molecule has 1 amide bonds. The fraction of sp³-hybridized carbons (Fsp3) is 0.391. The van der Waals surface area contributed by atoms with E-state index < -0.39 is 36.1 Å². The summed E-state index contributed by atoms with van der Waals surface area (Å²) >= 11 is 0. The van der Waals surface area contributed by atoms with Gasteiger partial charge in [0.2, 0.25) is 0 Å². The van der Waals surface area contributed by atoms with Gasteiger partial charge >= 0.3 is 18.4 Å². The average Bonchev–Trinajstić information content (AvgIpc) is 2.69. The van der Waals surface area contributed by atoms with Gasteiger partial charge in [0.15, 0.2) is 0 Å². The number of hydrogen-bond acceptors (Lipinski definition) is 5. The lowest BCUT2D eigenvalue weighted by molar-refractivity contribution is -0.274. The van der Waals surface area contributed by atoms with Gasteiger partial charge < -0.3 is 14.2 Å². The summed E-state index contributed by atoms with van der Waals surface area (Å²) in [6.07, 6.45) is -5.44. The van der Waals surface area contributed by atoms with Crippen molar-refractivity contribution in [1.82, 2.24) is 4.90 Å². The van der Waals surface area contributed by atoms with Crippen LogP contribution in [0.5, 0.6) is 5.75 Å². The monoisotopic (exact) mass is 451 g/mol. The Bertz CT molecular complexity index is 939. The van der Waals surface area contributed by atoms with Gasteiger partial charge in [0.25, 0.3) is 0 Å². The number of esters is 1. The zero-order valence-corrected chi connectivity index (χ0v) is 17.9. The van der Waals surface area contributed by atoms with E-state index in [9.17, 15) is 22.8 Å². The third-order valence-electron chi connectivity index (χ3n) is 4.70. The largest absolute Gasteiger partial charge is 0.573 e. The van der Waals surface area contributed by atoms with Gasteiger partial charge in [-0.25, -0.2) is 9.59 Å². The van der Waals surface area contributed by atoms with Crippen molar-refractivity contribution in [2.45, 2.75) is 51.2 Å². The van der Waals surface area contributed by atoms with E-state index in [0.29, 0.717) is 5.56 Å². The highest BCUT2D eigenvalue weighted by atomic mass is 19.4. The number of benzene rings is 2. The molecule has 172 valence electrons. The van der Waals surface area contributed by atoms with Crippen molar-refractivity contribution < 1.29 is 37.0 Å². The van der Waals surface area contributed by atoms with Crippen LogP contribution in [0.1, 0.15) is 37.9 Å². The average molecular weight is 451 g/mol. The van der Waals surface area contributed by atoms with Crippen molar-refractivity contribution in [3.8, 4) is 5.75 Å². The minimum atomic E-state index is -4.80. The van der Waals surface area contributed by atoms with Crippen LogP contribution in [0.3, 0.4) is 0 Å². The first-order chi connectivity index (χ1) is 14.9. The van der Waals surface area contributed by atoms with Crippen molar-refractivity contribution >= 4 is 12.1 Å². The number of ether oxygens (including phenoxy) is 3. The molecule has 1 saturated heterocycles. The van der Waals surface area contributed by atoms with E-state index >= 15 is 0 Å². The Hall–Kier alpha value is -3.23. The maximum atomic E-state index is 13.1. The molecule has 0 spiro atoms. The van der Waals surface area contributed by atoms with Crippen LogP contribution in [0.4, 0.5) is 18.0 Å². The lowest BCUT2D eigenvalue weighted by Gasteiger charge is -2.41. The predicted octanol–water partition coefficient (Wildman–Crippen LogP) is 5.03. The quantitative estimate of drug-likeness (QED) is 0.610. The molecule has 1 fully saturated rings. The third kappa shape index (κ3) is 6.15. The first kappa shape index (κ1) is 23.4. The van der Waals surface area contributed by atoms with Gasteiger partial charge in [-0.15, -0.1) is 13.2 Å². The molecule has 1 aliphatic heterocycles. The molecule has 0 bridgehead atoms. The van der Waals surface area contributed by atoms with Gasteiger partial charge in [-0.3, -0.25) is 4.90 Å². The van der Waals surface area contributed by atoms with E-state index in [0.717, 1.165) is 17.7 Å². The van der Waals surface area contributed by atoms with Crippen LogP contribution in [0.25, 0.3) is 0 Å². The van der Waals surface area contributed by atoms with Crippen molar-refractivity contribution in [3.63, 3.8) is 0 Å². The number of morpholine rings is 1. The first-order valence-corrected chi connectivity index (χ1v) is 10.0. The molecule has 0 aliphatic carbocycles. The molecule has 0 aromatic heterocycles. The Balaban J connectivity index is 1.89. The zero-order valence-electron chi connectivity index (χ0n) is 17.9. The lowest BCUT2D eigenvalue weighted by Crippen LogP contribution is -2.55. The van der Waals surface area contributed by atoms with Crippen molar-refractivity contribution in [2.24, 2.45) is 0 Å². The highest BCUT2D eigenvalue weighted by Crippen LogP contribution is 2.32. The third-order valence-corrected chi connectivity index (χ3v) is 4.70. The molecule has 6 nitrogen and oxygen atoms in total. The summed E-state index contributed by atoms with van der Waals surface area (Å²) in [5.74, 6) is -0.989. The first-order valence-electron chi connectivity index (χ1n) is 10.0. The Kier molecular flexibility index (Phi) is 6.66. The smallest absolute Gasteiger partial charge is 0.462 e. The summed E-state index contributed by atoms with van der Waals surface area (Å²) in [6, 6.07) is 12.6. The van der Waals surface area contributed by atoms with Crippen LogP contribution < -0.4 is 4.74 Å². The minimum absolute atomic E-state index is 0.0308. The standard InChI is InChI=1S/C23H24F3NO5/c1-22(2,3)32-21(29)27-18(13-15-9-11-17(12-10-15)31-23(24,25)26)20(28)30-14-19(27)16-7-5-4-6-8-16/h4-12,18-19H,13-14H2,1-3H3/t18?,19-/m0/s1. The number of rotatable bonds is 4. The van der Waals surface area contributed by atoms with Crippen LogP contribution >= 0.6 is 0 Å². The second-order valence-corrected chi connectivity index (χ2v) is 8.36. The van der Waals surface area contributed by atoms with Gasteiger partial charge in [-0.2, -0.15) is 0 Å². The predicted molar refractivity (Wildman–Crippen MR) is 109 cm³/mol. The SMILES string of the molecule is CC(C)(C)OC(=O)N1C(Cc2ccc(OC(F)(F)F)cc2)C(=O)OC[C@H]1c1ccccc1. The van der Waals surface area contributed by atoms with E-state index in [4.69, 9.17) is 9.47 Å². The Morgan fingerprint density at radius 3 is 2.25 bits per heavy atom. The molecule has 0 N–H and O–H groups in total. The molecule has 2 aromatic carbocycles. The molecule has 2 aromatic rings. The number of hydrogen-bond donors (Lipinski definition) is 0. The van der Waals surface area contributed by atoms with Crippen LogP contribution in [-0.2, 0) is 20.7 Å². The fourth-order valence-electron chi connectivity index (χ4n) is 3.40. The van der Waals surface area contributed by atoms with Gasteiger partial charge in [0.05, 0.1) is 6.04 Å². The van der Waals surface area contributed by atoms with Crippen molar-refractivity contribution in [1.29, 1.82) is 0 Å². The van der Waals surface area contributed by atoms with E-state index in [1.807, 2.05) is 30.3 Å². The van der Waals surface area contributed by atoms with Gasteiger partial charge in [0.1, 0.15) is 24.0 Å². The number of cyclic esters (lactones) is 1. The Labute approximate surface area is 183 Å². The summed E-state index contributed by atoms with van der Waals surface area (Å²) < 4.78 is 52.0. The van der Waals surface area contributed by atoms with Crippen molar-refractivity contribution in [3.05, 3.63) is 65.7 Å². The minimum Gasteiger partial charge on any atom is -0.462 e. The summed E-state index contributed by atoms with van der Waals surface area (Å²) in [5, 5.41) is 0. The summed E-state index contributed by atoms with van der Waals surface area (Å²) in [4.78, 5) is 27.1. The fourth-order valence-corrected chi connectivity index (χ4v) is 3.40. The van der Waals surface area contributed by atoms with E-state index in [2.05, 4.69) is 4.74 Å². The lowest BCUT2D eigenvalue weighted by atomic mass is 9.98. The van der Waals surface area contributed by atoms with Crippen LogP contribution in [0.2, 0.25) is 0 Å². The number of halogens is 3. The van der Waals surface area contributed by atoms with Crippen LogP contribution in [-0.4, -0.2) is 41.6 Å². The van der Waals surface area contributed by atoms with E-state index in [1.54, 1.807) is 20.8 Å². The molecule has 0 radical (unpaired) electrons.